The van der Waals surface area contributed by atoms with Gasteiger partial charge < -0.3 is 5.11 Å². The van der Waals surface area contributed by atoms with Crippen LogP contribution in [0.25, 0.3) is 6.08 Å². The van der Waals surface area contributed by atoms with E-state index in [1.165, 1.54) is 0 Å². The highest BCUT2D eigenvalue weighted by molar-refractivity contribution is 5.83. The zero-order valence-corrected chi connectivity index (χ0v) is 9.60. The molecule has 0 saturated heterocycles. The zero-order valence-electron chi connectivity index (χ0n) is 9.60. The van der Waals surface area contributed by atoms with Crippen molar-refractivity contribution in [3.05, 3.63) is 42.0 Å². The lowest BCUT2D eigenvalue weighted by atomic mass is 9.95. The molecule has 2 rings (SSSR count). The van der Waals surface area contributed by atoms with Crippen molar-refractivity contribution in [1.82, 2.24) is 0 Å². The molecule has 0 spiro atoms. The van der Waals surface area contributed by atoms with Crippen LogP contribution in [0.4, 0.5) is 0 Å². The number of carboxylic acid groups (broad SMARTS) is 1. The zero-order chi connectivity index (χ0) is 11.8. The Morgan fingerprint density at radius 1 is 1.31 bits per heavy atom. The number of carboxylic acids is 1. The van der Waals surface area contributed by atoms with Crippen LogP contribution in [0.3, 0.4) is 0 Å². The first-order valence-electron chi connectivity index (χ1n) is 5.46. The van der Waals surface area contributed by atoms with E-state index in [9.17, 15) is 9.90 Å². The summed E-state index contributed by atoms with van der Waals surface area (Å²) in [6.45, 7) is 3.99. The van der Waals surface area contributed by atoms with E-state index in [-0.39, 0.29) is 5.41 Å². The molecule has 16 heavy (non-hydrogen) atoms. The first-order valence-corrected chi connectivity index (χ1v) is 5.46. The van der Waals surface area contributed by atoms with Gasteiger partial charge in [0.2, 0.25) is 0 Å². The van der Waals surface area contributed by atoms with Crippen LogP contribution in [0.5, 0.6) is 0 Å². The molecule has 2 nitrogen and oxygen atoms in total. The van der Waals surface area contributed by atoms with Gasteiger partial charge in [-0.1, -0.05) is 56.3 Å². The fourth-order valence-corrected chi connectivity index (χ4v) is 2.18. The summed E-state index contributed by atoms with van der Waals surface area (Å²) >= 11 is 0. The average Bonchev–Trinajstić information content (AvgIpc) is 2.81. The summed E-state index contributed by atoms with van der Waals surface area (Å²) in [5.74, 6) is -0.718. The van der Waals surface area contributed by atoms with Crippen molar-refractivity contribution in [3.8, 4) is 0 Å². The fraction of sp³-hybridized carbons (Fsp3) is 0.357. The monoisotopic (exact) mass is 216 g/mol. The molecule has 1 N–H and O–H groups in total. The van der Waals surface area contributed by atoms with E-state index < -0.39 is 11.4 Å². The summed E-state index contributed by atoms with van der Waals surface area (Å²) in [6, 6.07) is 9.80. The number of hydrogen-bond acceptors (Lipinski definition) is 1. The summed E-state index contributed by atoms with van der Waals surface area (Å²) in [5, 5.41) is 9.27. The van der Waals surface area contributed by atoms with E-state index in [1.807, 2.05) is 56.3 Å². The van der Waals surface area contributed by atoms with Crippen molar-refractivity contribution in [2.75, 3.05) is 0 Å². The second-order valence-corrected chi connectivity index (χ2v) is 5.08. The van der Waals surface area contributed by atoms with Gasteiger partial charge in [-0.3, -0.25) is 4.79 Å². The standard InChI is InChI=1S/C14H16O2/c1-13(2)10-14(13,12(15)16)9-8-11-6-4-3-5-7-11/h3-9H,10H2,1-2H3,(H,15,16)/b9-8+. The molecule has 0 heterocycles. The lowest BCUT2D eigenvalue weighted by molar-refractivity contribution is -0.142. The quantitative estimate of drug-likeness (QED) is 0.842. The Kier molecular flexibility index (Phi) is 2.38. The minimum Gasteiger partial charge on any atom is -0.481 e. The van der Waals surface area contributed by atoms with Gasteiger partial charge in [0.15, 0.2) is 0 Å². The van der Waals surface area contributed by atoms with Crippen LogP contribution in [0, 0.1) is 10.8 Å². The van der Waals surface area contributed by atoms with Gasteiger partial charge in [-0.05, 0) is 17.4 Å². The Balaban J connectivity index is 2.22. The number of carbonyl (C=O) groups is 1. The minimum absolute atomic E-state index is 0.121. The van der Waals surface area contributed by atoms with Crippen LogP contribution in [0.1, 0.15) is 25.8 Å². The van der Waals surface area contributed by atoms with Gasteiger partial charge in [0.25, 0.3) is 0 Å². The smallest absolute Gasteiger partial charge is 0.314 e. The molecule has 0 bridgehead atoms. The molecule has 0 aromatic heterocycles. The number of aliphatic carboxylic acids is 1. The normalized spacial score (nSPS) is 26.9. The maximum Gasteiger partial charge on any atom is 0.314 e. The molecule has 0 radical (unpaired) electrons. The minimum atomic E-state index is -0.718. The van der Waals surface area contributed by atoms with Gasteiger partial charge in [0.1, 0.15) is 0 Å². The van der Waals surface area contributed by atoms with Crippen LogP contribution < -0.4 is 0 Å². The van der Waals surface area contributed by atoms with Gasteiger partial charge in [0, 0.05) is 0 Å². The highest BCUT2D eigenvalue weighted by Crippen LogP contribution is 2.64. The highest BCUT2D eigenvalue weighted by atomic mass is 16.4. The van der Waals surface area contributed by atoms with E-state index in [2.05, 4.69) is 0 Å². The third-order valence-corrected chi connectivity index (χ3v) is 3.54. The molecular formula is C14H16O2. The lowest BCUT2D eigenvalue weighted by Gasteiger charge is -2.10. The van der Waals surface area contributed by atoms with Crippen LogP contribution in [-0.2, 0) is 4.79 Å². The van der Waals surface area contributed by atoms with Crippen molar-refractivity contribution >= 4 is 12.0 Å². The first kappa shape index (κ1) is 10.9. The Bertz CT molecular complexity index is 431. The summed E-state index contributed by atoms with van der Waals surface area (Å²) in [7, 11) is 0. The maximum atomic E-state index is 11.3. The van der Waals surface area contributed by atoms with Crippen LogP contribution in [0.2, 0.25) is 0 Å². The first-order chi connectivity index (χ1) is 7.48. The van der Waals surface area contributed by atoms with E-state index in [1.54, 1.807) is 0 Å². The van der Waals surface area contributed by atoms with Crippen molar-refractivity contribution in [1.29, 1.82) is 0 Å². The molecule has 84 valence electrons. The van der Waals surface area contributed by atoms with Gasteiger partial charge >= 0.3 is 5.97 Å². The largest absolute Gasteiger partial charge is 0.481 e. The van der Waals surface area contributed by atoms with Gasteiger partial charge in [-0.25, -0.2) is 0 Å². The molecule has 0 amide bonds. The summed E-state index contributed by atoms with van der Waals surface area (Å²) in [5.41, 5.74) is 0.262. The van der Waals surface area contributed by atoms with Crippen LogP contribution in [-0.4, -0.2) is 11.1 Å². The number of rotatable bonds is 3. The second kappa shape index (κ2) is 3.48. The van der Waals surface area contributed by atoms with Crippen molar-refractivity contribution in [2.45, 2.75) is 20.3 Å². The lowest BCUT2D eigenvalue weighted by Crippen LogP contribution is -2.17. The topological polar surface area (TPSA) is 37.3 Å². The van der Waals surface area contributed by atoms with Crippen LogP contribution >= 0.6 is 0 Å². The molecule has 1 saturated carbocycles. The predicted octanol–water partition coefficient (Wildman–Crippen LogP) is 3.20. The van der Waals surface area contributed by atoms with E-state index in [0.717, 1.165) is 12.0 Å². The Morgan fingerprint density at radius 2 is 1.88 bits per heavy atom. The van der Waals surface area contributed by atoms with Crippen LogP contribution in [0.15, 0.2) is 36.4 Å². The Labute approximate surface area is 95.6 Å². The van der Waals surface area contributed by atoms with Crippen molar-refractivity contribution in [3.63, 3.8) is 0 Å². The van der Waals surface area contributed by atoms with E-state index in [0.29, 0.717) is 0 Å². The predicted molar refractivity (Wildman–Crippen MR) is 63.9 cm³/mol. The molecule has 2 heteroatoms. The van der Waals surface area contributed by atoms with E-state index in [4.69, 9.17) is 0 Å². The second-order valence-electron chi connectivity index (χ2n) is 5.08. The van der Waals surface area contributed by atoms with Gasteiger partial charge in [0.05, 0.1) is 5.41 Å². The maximum absolute atomic E-state index is 11.3. The fourth-order valence-electron chi connectivity index (χ4n) is 2.18. The summed E-state index contributed by atoms with van der Waals surface area (Å²) in [6.07, 6.45) is 4.46. The SMILES string of the molecule is CC1(C)CC1(/C=C/c1ccccc1)C(=O)O. The third kappa shape index (κ3) is 1.64. The molecule has 1 unspecified atom stereocenters. The van der Waals surface area contributed by atoms with Gasteiger partial charge in [-0.15, -0.1) is 0 Å². The van der Waals surface area contributed by atoms with Gasteiger partial charge in [-0.2, -0.15) is 0 Å². The molecule has 1 aliphatic carbocycles. The number of benzene rings is 1. The molecule has 1 fully saturated rings. The molecule has 1 aromatic carbocycles. The molecule has 0 aliphatic heterocycles. The van der Waals surface area contributed by atoms with Crippen molar-refractivity contribution in [2.24, 2.45) is 10.8 Å². The Morgan fingerprint density at radius 3 is 2.31 bits per heavy atom. The summed E-state index contributed by atoms with van der Waals surface area (Å²) < 4.78 is 0. The molecular weight excluding hydrogens is 200 g/mol. The number of hydrogen-bond donors (Lipinski definition) is 1. The van der Waals surface area contributed by atoms with Crippen molar-refractivity contribution < 1.29 is 9.90 Å². The molecule has 1 aliphatic rings. The average molecular weight is 216 g/mol. The summed E-state index contributed by atoms with van der Waals surface area (Å²) in [4.78, 5) is 11.3. The Hall–Kier alpha value is -1.57. The third-order valence-electron chi connectivity index (χ3n) is 3.54. The molecule has 1 atom stereocenters. The molecule has 1 aromatic rings. The van der Waals surface area contributed by atoms with E-state index >= 15 is 0 Å². The highest BCUT2D eigenvalue weighted by Gasteiger charge is 2.65.